The van der Waals surface area contributed by atoms with Gasteiger partial charge in [-0.3, -0.25) is 9.59 Å². The molecule has 6 heteroatoms. The first-order valence-electron chi connectivity index (χ1n) is 8.88. The summed E-state index contributed by atoms with van der Waals surface area (Å²) in [6.07, 6.45) is 0.882. The van der Waals surface area contributed by atoms with E-state index in [1.165, 1.54) is 16.7 Å². The standard InChI is InChI=1S/C21H22N2O3S/c1-2-12-26-19-11-7-6-10-17(19)22-20(24)13-23-18(14-27-15-21(23)25)16-8-4-3-5-9-16/h3-11,14H,2,12-13,15H2,1H3,(H,22,24). The smallest absolute Gasteiger partial charge is 0.244 e. The molecule has 0 saturated heterocycles. The minimum Gasteiger partial charge on any atom is -0.491 e. The number of carbonyl (C=O) groups excluding carboxylic acids is 2. The topological polar surface area (TPSA) is 58.6 Å². The van der Waals surface area contributed by atoms with Crippen molar-refractivity contribution in [3.63, 3.8) is 0 Å². The molecule has 1 heterocycles. The van der Waals surface area contributed by atoms with E-state index in [2.05, 4.69) is 5.32 Å². The summed E-state index contributed by atoms with van der Waals surface area (Å²) in [5.74, 6) is 0.628. The summed E-state index contributed by atoms with van der Waals surface area (Å²) >= 11 is 1.45. The minimum absolute atomic E-state index is 0.0395. The van der Waals surface area contributed by atoms with E-state index < -0.39 is 0 Å². The number of nitrogens with zero attached hydrogens (tertiary/aromatic N) is 1. The van der Waals surface area contributed by atoms with Crippen molar-refractivity contribution >= 4 is 35.0 Å². The first kappa shape index (κ1) is 19.0. The third kappa shape index (κ3) is 4.92. The van der Waals surface area contributed by atoms with Gasteiger partial charge in [0.25, 0.3) is 0 Å². The van der Waals surface area contributed by atoms with Crippen LogP contribution in [0.2, 0.25) is 0 Å². The van der Waals surface area contributed by atoms with Crippen LogP contribution in [0.1, 0.15) is 18.9 Å². The average molecular weight is 382 g/mol. The second-order valence-electron chi connectivity index (χ2n) is 6.05. The Kier molecular flexibility index (Phi) is 6.54. The van der Waals surface area contributed by atoms with Crippen LogP contribution in [0.25, 0.3) is 5.70 Å². The number of hydrogen-bond acceptors (Lipinski definition) is 4. The van der Waals surface area contributed by atoms with Gasteiger partial charge in [-0.15, -0.1) is 11.8 Å². The van der Waals surface area contributed by atoms with Crippen molar-refractivity contribution in [3.05, 3.63) is 65.6 Å². The van der Waals surface area contributed by atoms with Gasteiger partial charge in [-0.05, 0) is 29.5 Å². The summed E-state index contributed by atoms with van der Waals surface area (Å²) in [6.45, 7) is 2.57. The minimum atomic E-state index is -0.260. The highest BCUT2D eigenvalue weighted by molar-refractivity contribution is 8.03. The molecule has 0 aliphatic carbocycles. The average Bonchev–Trinajstić information content (AvgIpc) is 2.69. The third-order valence-corrected chi connectivity index (χ3v) is 4.79. The van der Waals surface area contributed by atoms with Crippen LogP contribution < -0.4 is 10.1 Å². The quantitative estimate of drug-likeness (QED) is 0.787. The lowest BCUT2D eigenvalue weighted by Gasteiger charge is -2.28. The molecule has 0 atom stereocenters. The SMILES string of the molecule is CCCOc1ccccc1NC(=O)CN1C(=O)CSC=C1c1ccccc1. The van der Waals surface area contributed by atoms with Crippen molar-refractivity contribution in [3.8, 4) is 5.75 Å². The van der Waals surface area contributed by atoms with Gasteiger partial charge in [0, 0.05) is 0 Å². The Hall–Kier alpha value is -2.73. The van der Waals surface area contributed by atoms with E-state index in [9.17, 15) is 9.59 Å². The molecular formula is C21H22N2O3S. The molecule has 140 valence electrons. The number of para-hydroxylation sites is 2. The number of benzene rings is 2. The molecule has 1 aliphatic rings. The van der Waals surface area contributed by atoms with Gasteiger partial charge in [0.15, 0.2) is 0 Å². The summed E-state index contributed by atoms with van der Waals surface area (Å²) in [5, 5.41) is 4.80. The number of nitrogens with one attached hydrogen (secondary N) is 1. The number of amides is 2. The lowest BCUT2D eigenvalue weighted by Crippen LogP contribution is -2.39. The highest BCUT2D eigenvalue weighted by Crippen LogP contribution is 2.28. The highest BCUT2D eigenvalue weighted by Gasteiger charge is 2.25. The fourth-order valence-electron chi connectivity index (χ4n) is 2.72. The molecule has 0 aromatic heterocycles. The van der Waals surface area contributed by atoms with Gasteiger partial charge < -0.3 is 15.0 Å². The van der Waals surface area contributed by atoms with Crippen molar-refractivity contribution in [1.29, 1.82) is 0 Å². The number of thioether (sulfide) groups is 1. The molecule has 1 aliphatic heterocycles. The van der Waals surface area contributed by atoms with E-state index in [-0.39, 0.29) is 18.4 Å². The third-order valence-electron chi connectivity index (χ3n) is 3.99. The van der Waals surface area contributed by atoms with Gasteiger partial charge in [0.1, 0.15) is 12.3 Å². The van der Waals surface area contributed by atoms with Crippen LogP contribution in [-0.2, 0) is 9.59 Å². The van der Waals surface area contributed by atoms with Crippen LogP contribution in [0.5, 0.6) is 5.75 Å². The van der Waals surface area contributed by atoms with Crippen molar-refractivity contribution in [2.45, 2.75) is 13.3 Å². The Morgan fingerprint density at radius 1 is 1.15 bits per heavy atom. The molecule has 0 saturated carbocycles. The van der Waals surface area contributed by atoms with Crippen LogP contribution in [0.3, 0.4) is 0 Å². The van der Waals surface area contributed by atoms with E-state index in [0.717, 1.165) is 17.7 Å². The van der Waals surface area contributed by atoms with Crippen molar-refractivity contribution in [1.82, 2.24) is 4.90 Å². The molecule has 1 N–H and O–H groups in total. The molecule has 5 nitrogen and oxygen atoms in total. The summed E-state index contributed by atoms with van der Waals surface area (Å²) in [6, 6.07) is 16.9. The Labute approximate surface area is 163 Å². The Balaban J connectivity index is 1.74. The van der Waals surface area contributed by atoms with Crippen LogP contribution in [0.15, 0.2) is 60.0 Å². The van der Waals surface area contributed by atoms with E-state index >= 15 is 0 Å². The Bertz CT molecular complexity index is 836. The zero-order valence-electron chi connectivity index (χ0n) is 15.2. The molecule has 3 rings (SSSR count). The first-order valence-corrected chi connectivity index (χ1v) is 9.93. The maximum Gasteiger partial charge on any atom is 0.244 e. The fraction of sp³-hybridized carbons (Fsp3) is 0.238. The number of rotatable bonds is 7. The maximum atomic E-state index is 12.6. The molecule has 0 fully saturated rings. The first-order chi connectivity index (χ1) is 13.2. The zero-order chi connectivity index (χ0) is 19.1. The largest absolute Gasteiger partial charge is 0.491 e. The Morgan fingerprint density at radius 3 is 2.67 bits per heavy atom. The normalized spacial score (nSPS) is 13.9. The van der Waals surface area contributed by atoms with E-state index in [4.69, 9.17) is 4.74 Å². The summed E-state index contributed by atoms with van der Waals surface area (Å²) in [7, 11) is 0. The van der Waals surface area contributed by atoms with Gasteiger partial charge in [0.2, 0.25) is 11.8 Å². The molecule has 2 amide bonds. The predicted molar refractivity (Wildman–Crippen MR) is 109 cm³/mol. The Morgan fingerprint density at radius 2 is 1.89 bits per heavy atom. The molecule has 0 spiro atoms. The predicted octanol–water partition coefficient (Wildman–Crippen LogP) is 3.99. The molecular weight excluding hydrogens is 360 g/mol. The number of anilines is 1. The van der Waals surface area contributed by atoms with Gasteiger partial charge >= 0.3 is 0 Å². The molecule has 0 bridgehead atoms. The van der Waals surface area contributed by atoms with Gasteiger partial charge in [-0.25, -0.2) is 0 Å². The molecule has 0 unspecified atom stereocenters. The summed E-state index contributed by atoms with van der Waals surface area (Å²) in [5.41, 5.74) is 2.28. The molecule has 2 aromatic carbocycles. The second-order valence-corrected chi connectivity index (χ2v) is 6.91. The molecule has 27 heavy (non-hydrogen) atoms. The number of ether oxygens (including phenoxy) is 1. The van der Waals surface area contributed by atoms with Crippen molar-refractivity contribution in [2.24, 2.45) is 0 Å². The van der Waals surface area contributed by atoms with Crippen LogP contribution in [-0.4, -0.2) is 35.6 Å². The van der Waals surface area contributed by atoms with Crippen LogP contribution in [0, 0.1) is 0 Å². The van der Waals surface area contributed by atoms with Crippen molar-refractivity contribution < 1.29 is 14.3 Å². The van der Waals surface area contributed by atoms with Gasteiger partial charge in [-0.2, -0.15) is 0 Å². The second kappa shape index (κ2) is 9.28. The lowest BCUT2D eigenvalue weighted by atomic mass is 10.1. The lowest BCUT2D eigenvalue weighted by molar-refractivity contribution is -0.129. The molecule has 2 aromatic rings. The van der Waals surface area contributed by atoms with E-state index in [1.807, 2.05) is 60.9 Å². The monoisotopic (exact) mass is 382 g/mol. The number of hydrogen-bond donors (Lipinski definition) is 1. The van der Waals surface area contributed by atoms with Crippen LogP contribution >= 0.6 is 11.8 Å². The van der Waals surface area contributed by atoms with Crippen LogP contribution in [0.4, 0.5) is 5.69 Å². The number of carbonyl (C=O) groups is 2. The van der Waals surface area contributed by atoms with E-state index in [0.29, 0.717) is 23.8 Å². The fourth-order valence-corrected chi connectivity index (χ4v) is 3.52. The summed E-state index contributed by atoms with van der Waals surface area (Å²) in [4.78, 5) is 26.6. The zero-order valence-corrected chi connectivity index (χ0v) is 16.0. The summed E-state index contributed by atoms with van der Waals surface area (Å²) < 4.78 is 5.68. The van der Waals surface area contributed by atoms with Gasteiger partial charge in [0.05, 0.1) is 23.7 Å². The highest BCUT2D eigenvalue weighted by atomic mass is 32.2. The van der Waals surface area contributed by atoms with Gasteiger partial charge in [-0.1, -0.05) is 49.4 Å². The molecule has 0 radical (unpaired) electrons. The maximum absolute atomic E-state index is 12.6. The van der Waals surface area contributed by atoms with E-state index in [1.54, 1.807) is 6.07 Å². The van der Waals surface area contributed by atoms with Crippen molar-refractivity contribution in [2.75, 3.05) is 24.2 Å².